The molecule has 3 aromatic rings. The molecule has 0 saturated carbocycles. The summed E-state index contributed by atoms with van der Waals surface area (Å²) in [5, 5.41) is 22.4. The number of anilines is 2. The molecule has 0 fully saturated rings. The molecule has 0 unspecified atom stereocenters. The Morgan fingerprint density at radius 3 is 2.69 bits per heavy atom. The highest BCUT2D eigenvalue weighted by Gasteiger charge is 2.12. The van der Waals surface area contributed by atoms with Crippen molar-refractivity contribution in [3.05, 3.63) is 42.2 Å². The monoisotopic (exact) mass is 435 g/mol. The van der Waals surface area contributed by atoms with Crippen LogP contribution in [0.15, 0.2) is 36.7 Å². The highest BCUT2D eigenvalue weighted by atomic mass is 16.5. The van der Waals surface area contributed by atoms with Gasteiger partial charge in [0.2, 0.25) is 0 Å². The number of aromatic nitrogens is 2. The van der Waals surface area contributed by atoms with E-state index in [1.165, 1.54) is 12.4 Å². The summed E-state index contributed by atoms with van der Waals surface area (Å²) >= 11 is 0. The Kier molecular flexibility index (Phi) is 7.70. The van der Waals surface area contributed by atoms with E-state index < -0.39 is 5.97 Å². The first-order valence-electron chi connectivity index (χ1n) is 10.3. The van der Waals surface area contributed by atoms with Gasteiger partial charge >= 0.3 is 5.97 Å². The van der Waals surface area contributed by atoms with Crippen molar-refractivity contribution in [1.29, 1.82) is 0 Å². The van der Waals surface area contributed by atoms with Gasteiger partial charge in [0.25, 0.3) is 0 Å². The number of hydrogen-bond acceptors (Lipinski definition) is 7. The average Bonchev–Trinajstić information content (AvgIpc) is 2.79. The second kappa shape index (κ2) is 10.9. The average molecular weight is 435 g/mol. The van der Waals surface area contributed by atoms with Gasteiger partial charge in [-0.15, -0.1) is 6.42 Å². The molecule has 3 rings (SSSR count). The minimum Gasteiger partial charge on any atom is -0.507 e. The van der Waals surface area contributed by atoms with E-state index in [4.69, 9.17) is 21.0 Å². The number of phenols is 1. The number of hydrogen-bond donors (Lipinski definition) is 3. The normalized spacial score (nSPS) is 10.5. The summed E-state index contributed by atoms with van der Waals surface area (Å²) in [5.41, 5.74) is 1.73. The zero-order chi connectivity index (χ0) is 22.9. The number of terminal acetylenes is 1. The Labute approximate surface area is 186 Å². The largest absolute Gasteiger partial charge is 0.507 e. The van der Waals surface area contributed by atoms with E-state index in [2.05, 4.69) is 21.2 Å². The van der Waals surface area contributed by atoms with Crippen molar-refractivity contribution in [2.45, 2.75) is 32.1 Å². The standard InChI is InChI=1S/C24H25N3O5/c1-3-16-12-17(9-10-20(16)28)27-24-18-13-22(21(31-2)14-19(18)25-15-26-24)32-11-7-5-4-6-8-23(29)30/h1,9-10,12-15,28H,4-8,11H2,2H3,(H,29,30)(H,25,26,27). The zero-order valence-corrected chi connectivity index (χ0v) is 17.8. The summed E-state index contributed by atoms with van der Waals surface area (Å²) in [6.45, 7) is 0.481. The molecule has 0 aliphatic carbocycles. The molecule has 32 heavy (non-hydrogen) atoms. The molecule has 0 aliphatic rings. The van der Waals surface area contributed by atoms with Crippen LogP contribution in [0.25, 0.3) is 10.9 Å². The van der Waals surface area contributed by atoms with Crippen LogP contribution in [0.2, 0.25) is 0 Å². The minimum absolute atomic E-state index is 0.0361. The van der Waals surface area contributed by atoms with Crippen molar-refractivity contribution in [3.8, 4) is 29.6 Å². The van der Waals surface area contributed by atoms with Gasteiger partial charge in [0.15, 0.2) is 11.5 Å². The molecule has 8 heteroatoms. The van der Waals surface area contributed by atoms with Gasteiger partial charge < -0.3 is 25.0 Å². The summed E-state index contributed by atoms with van der Waals surface area (Å²) < 4.78 is 11.4. The lowest BCUT2D eigenvalue weighted by Gasteiger charge is -2.14. The van der Waals surface area contributed by atoms with Crippen molar-refractivity contribution >= 4 is 28.4 Å². The molecule has 0 radical (unpaired) electrons. The van der Waals surface area contributed by atoms with Gasteiger partial charge in [0, 0.05) is 23.6 Å². The lowest BCUT2D eigenvalue weighted by Crippen LogP contribution is -2.02. The van der Waals surface area contributed by atoms with E-state index in [0.29, 0.717) is 47.1 Å². The number of nitrogens with zero attached hydrogens (tertiary/aromatic N) is 2. The van der Waals surface area contributed by atoms with Gasteiger partial charge in [-0.1, -0.05) is 18.8 Å². The zero-order valence-electron chi connectivity index (χ0n) is 17.8. The fourth-order valence-electron chi connectivity index (χ4n) is 3.22. The van der Waals surface area contributed by atoms with E-state index in [1.807, 2.05) is 6.07 Å². The van der Waals surface area contributed by atoms with E-state index in [0.717, 1.165) is 24.6 Å². The Morgan fingerprint density at radius 2 is 1.94 bits per heavy atom. The molecule has 1 aromatic heterocycles. The number of aliphatic carboxylic acids is 1. The molecule has 0 saturated heterocycles. The van der Waals surface area contributed by atoms with Crippen molar-refractivity contribution in [2.24, 2.45) is 0 Å². The molecule has 0 aliphatic heterocycles. The molecule has 0 atom stereocenters. The fourth-order valence-corrected chi connectivity index (χ4v) is 3.22. The maximum Gasteiger partial charge on any atom is 0.303 e. The number of carbonyl (C=O) groups is 1. The van der Waals surface area contributed by atoms with Gasteiger partial charge in [0.05, 0.1) is 24.8 Å². The number of rotatable bonds is 11. The second-order valence-corrected chi connectivity index (χ2v) is 7.15. The predicted molar refractivity (Wildman–Crippen MR) is 122 cm³/mol. The number of carboxylic acids is 1. The van der Waals surface area contributed by atoms with Crippen molar-refractivity contribution in [1.82, 2.24) is 9.97 Å². The summed E-state index contributed by atoms with van der Waals surface area (Å²) in [5.74, 6) is 3.40. The number of aromatic hydroxyl groups is 1. The summed E-state index contributed by atoms with van der Waals surface area (Å²) in [4.78, 5) is 19.2. The summed E-state index contributed by atoms with van der Waals surface area (Å²) in [7, 11) is 1.57. The van der Waals surface area contributed by atoms with Crippen LogP contribution in [0.3, 0.4) is 0 Å². The first-order valence-corrected chi connectivity index (χ1v) is 10.3. The van der Waals surface area contributed by atoms with Crippen molar-refractivity contribution in [3.63, 3.8) is 0 Å². The molecular formula is C24H25N3O5. The van der Waals surface area contributed by atoms with E-state index in [-0.39, 0.29) is 12.2 Å². The van der Waals surface area contributed by atoms with E-state index in [9.17, 15) is 9.90 Å². The third-order valence-electron chi connectivity index (χ3n) is 4.88. The number of carboxylic acid groups (broad SMARTS) is 1. The first kappa shape index (κ1) is 22.7. The number of ether oxygens (including phenoxy) is 2. The van der Waals surface area contributed by atoms with E-state index >= 15 is 0 Å². The molecular weight excluding hydrogens is 410 g/mol. The van der Waals surface area contributed by atoms with Gasteiger partial charge in [-0.05, 0) is 37.1 Å². The van der Waals surface area contributed by atoms with Crippen LogP contribution in [0, 0.1) is 12.3 Å². The summed E-state index contributed by atoms with van der Waals surface area (Å²) in [6, 6.07) is 8.50. The topological polar surface area (TPSA) is 114 Å². The highest BCUT2D eigenvalue weighted by molar-refractivity contribution is 5.93. The van der Waals surface area contributed by atoms with Crippen LogP contribution >= 0.6 is 0 Å². The molecule has 8 nitrogen and oxygen atoms in total. The van der Waals surface area contributed by atoms with Crippen LogP contribution in [0.1, 0.15) is 37.7 Å². The number of methoxy groups -OCH3 is 1. The number of nitrogens with one attached hydrogen (secondary N) is 1. The molecule has 1 heterocycles. The Balaban J connectivity index is 1.75. The lowest BCUT2D eigenvalue weighted by atomic mass is 10.1. The molecule has 166 valence electrons. The lowest BCUT2D eigenvalue weighted by molar-refractivity contribution is -0.137. The maximum absolute atomic E-state index is 10.6. The molecule has 2 aromatic carbocycles. The minimum atomic E-state index is -0.767. The Bertz CT molecular complexity index is 1140. The van der Waals surface area contributed by atoms with E-state index in [1.54, 1.807) is 25.3 Å². The Morgan fingerprint density at radius 1 is 1.12 bits per heavy atom. The number of unbranched alkanes of at least 4 members (excludes halogenated alkanes) is 3. The fraction of sp³-hybridized carbons (Fsp3) is 0.292. The quantitative estimate of drug-likeness (QED) is 0.229. The van der Waals surface area contributed by atoms with Crippen molar-refractivity contribution < 1.29 is 24.5 Å². The SMILES string of the molecule is C#Cc1cc(Nc2ncnc3cc(OC)c(OCCCCCCC(=O)O)cc23)ccc1O. The predicted octanol–water partition coefficient (Wildman–Crippen LogP) is 4.48. The van der Waals surface area contributed by atoms with Gasteiger partial charge in [-0.25, -0.2) is 9.97 Å². The van der Waals surface area contributed by atoms with Gasteiger partial charge in [-0.2, -0.15) is 0 Å². The Hall–Kier alpha value is -3.99. The number of benzene rings is 2. The molecule has 0 spiro atoms. The molecule has 0 bridgehead atoms. The smallest absolute Gasteiger partial charge is 0.303 e. The van der Waals surface area contributed by atoms with Gasteiger partial charge in [-0.3, -0.25) is 4.79 Å². The highest BCUT2D eigenvalue weighted by Crippen LogP contribution is 2.35. The van der Waals surface area contributed by atoms with Gasteiger partial charge in [0.1, 0.15) is 17.9 Å². The van der Waals surface area contributed by atoms with Crippen LogP contribution in [-0.4, -0.2) is 39.9 Å². The summed E-state index contributed by atoms with van der Waals surface area (Å²) in [6.07, 6.45) is 10.3. The number of phenolic OH excluding ortho intramolecular Hbond substituents is 1. The third kappa shape index (κ3) is 5.79. The van der Waals surface area contributed by atoms with Crippen LogP contribution in [0.5, 0.6) is 17.2 Å². The molecule has 0 amide bonds. The third-order valence-corrected chi connectivity index (χ3v) is 4.88. The first-order chi connectivity index (χ1) is 15.5. The van der Waals surface area contributed by atoms with Crippen molar-refractivity contribution in [2.75, 3.05) is 19.0 Å². The van der Waals surface area contributed by atoms with Crippen LogP contribution in [-0.2, 0) is 4.79 Å². The second-order valence-electron chi connectivity index (χ2n) is 7.15. The van der Waals surface area contributed by atoms with Crippen LogP contribution < -0.4 is 14.8 Å². The number of fused-ring (bicyclic) bond motifs is 1. The maximum atomic E-state index is 10.6. The van der Waals surface area contributed by atoms with Crippen LogP contribution in [0.4, 0.5) is 11.5 Å². The molecule has 3 N–H and O–H groups in total.